The molecule has 0 amide bonds. The van der Waals surface area contributed by atoms with Crippen LogP contribution in [0.2, 0.25) is 0 Å². The summed E-state index contributed by atoms with van der Waals surface area (Å²) in [5.74, 6) is 0.811. The zero-order valence-corrected chi connectivity index (χ0v) is 11.6. The van der Waals surface area contributed by atoms with E-state index in [1.54, 1.807) is 0 Å². The van der Waals surface area contributed by atoms with E-state index in [4.69, 9.17) is 0 Å². The lowest BCUT2D eigenvalue weighted by atomic mass is 9.99. The van der Waals surface area contributed by atoms with E-state index in [0.717, 1.165) is 18.0 Å². The molecular weight excluding hydrogens is 196 g/mol. The molecule has 0 aromatic carbocycles. The molecule has 96 valence electrons. The maximum Gasteiger partial charge on any atom is 0.0223 e. The van der Waals surface area contributed by atoms with E-state index < -0.39 is 0 Å². The summed E-state index contributed by atoms with van der Waals surface area (Å²) in [7, 11) is 0. The average Bonchev–Trinajstić information content (AvgIpc) is 2.26. The van der Waals surface area contributed by atoms with Gasteiger partial charge in [-0.3, -0.25) is 4.90 Å². The van der Waals surface area contributed by atoms with E-state index in [2.05, 4.69) is 37.9 Å². The van der Waals surface area contributed by atoms with Gasteiger partial charge in [-0.25, -0.2) is 0 Å². The number of rotatable bonds is 6. The smallest absolute Gasteiger partial charge is 0.0223 e. The van der Waals surface area contributed by atoms with Crippen LogP contribution in [0.4, 0.5) is 0 Å². The first-order valence-corrected chi connectivity index (χ1v) is 7.11. The monoisotopic (exact) mass is 226 g/mol. The molecule has 1 aliphatic heterocycles. The van der Waals surface area contributed by atoms with Crippen molar-refractivity contribution >= 4 is 0 Å². The standard InChI is InChI=1S/C14H30N2/c1-5-9-16(13(4)10-12(2)3)14-7-6-8-15-11-14/h12-15H,5-11H2,1-4H3. The summed E-state index contributed by atoms with van der Waals surface area (Å²) in [6.07, 6.45) is 5.34. The molecule has 0 aromatic rings. The van der Waals surface area contributed by atoms with Gasteiger partial charge in [0.2, 0.25) is 0 Å². The summed E-state index contributed by atoms with van der Waals surface area (Å²) < 4.78 is 0. The Balaban J connectivity index is 2.50. The van der Waals surface area contributed by atoms with E-state index in [9.17, 15) is 0 Å². The van der Waals surface area contributed by atoms with Gasteiger partial charge in [-0.05, 0) is 51.6 Å². The highest BCUT2D eigenvalue weighted by atomic mass is 15.2. The topological polar surface area (TPSA) is 15.3 Å². The van der Waals surface area contributed by atoms with Crippen LogP contribution < -0.4 is 5.32 Å². The van der Waals surface area contributed by atoms with Crippen molar-refractivity contribution < 1.29 is 0 Å². The van der Waals surface area contributed by atoms with Crippen molar-refractivity contribution in [2.24, 2.45) is 5.92 Å². The molecule has 1 aliphatic rings. The highest BCUT2D eigenvalue weighted by Crippen LogP contribution is 2.18. The third-order valence-corrected chi connectivity index (χ3v) is 3.60. The molecule has 0 saturated carbocycles. The molecule has 0 spiro atoms. The van der Waals surface area contributed by atoms with Crippen molar-refractivity contribution in [3.63, 3.8) is 0 Å². The first-order chi connectivity index (χ1) is 7.65. The van der Waals surface area contributed by atoms with Crippen molar-refractivity contribution in [3.8, 4) is 0 Å². The maximum absolute atomic E-state index is 3.54. The largest absolute Gasteiger partial charge is 0.315 e. The Bertz CT molecular complexity index is 174. The SMILES string of the molecule is CCCN(C(C)CC(C)C)C1CCCNC1. The molecule has 16 heavy (non-hydrogen) atoms. The van der Waals surface area contributed by atoms with Crippen molar-refractivity contribution in [1.82, 2.24) is 10.2 Å². The van der Waals surface area contributed by atoms with Crippen LogP contribution in [0.3, 0.4) is 0 Å². The third kappa shape index (κ3) is 4.42. The van der Waals surface area contributed by atoms with Gasteiger partial charge in [-0.2, -0.15) is 0 Å². The first kappa shape index (κ1) is 14.0. The van der Waals surface area contributed by atoms with Crippen molar-refractivity contribution in [1.29, 1.82) is 0 Å². The molecule has 0 radical (unpaired) electrons. The molecule has 2 unspecified atom stereocenters. The molecule has 2 atom stereocenters. The van der Waals surface area contributed by atoms with Crippen LogP contribution >= 0.6 is 0 Å². The molecule has 1 N–H and O–H groups in total. The summed E-state index contributed by atoms with van der Waals surface area (Å²) in [5, 5.41) is 3.54. The number of piperidine rings is 1. The fraction of sp³-hybridized carbons (Fsp3) is 1.00. The van der Waals surface area contributed by atoms with E-state index in [1.807, 2.05) is 0 Å². The second kappa shape index (κ2) is 7.29. The number of hydrogen-bond acceptors (Lipinski definition) is 2. The predicted molar refractivity (Wildman–Crippen MR) is 71.8 cm³/mol. The van der Waals surface area contributed by atoms with Crippen LogP contribution in [0.1, 0.15) is 53.4 Å². The number of nitrogens with one attached hydrogen (secondary N) is 1. The number of hydrogen-bond donors (Lipinski definition) is 1. The molecule has 2 nitrogen and oxygen atoms in total. The van der Waals surface area contributed by atoms with Gasteiger partial charge in [0, 0.05) is 18.6 Å². The Labute approximate surface area is 102 Å². The fourth-order valence-electron chi connectivity index (χ4n) is 2.96. The highest BCUT2D eigenvalue weighted by molar-refractivity contribution is 4.82. The maximum atomic E-state index is 3.54. The zero-order valence-electron chi connectivity index (χ0n) is 11.6. The molecule has 0 bridgehead atoms. The first-order valence-electron chi connectivity index (χ1n) is 7.11. The van der Waals surface area contributed by atoms with E-state index in [-0.39, 0.29) is 0 Å². The van der Waals surface area contributed by atoms with Gasteiger partial charge in [0.25, 0.3) is 0 Å². The minimum atomic E-state index is 0.741. The van der Waals surface area contributed by atoms with E-state index >= 15 is 0 Å². The lowest BCUT2D eigenvalue weighted by Gasteiger charge is -2.39. The zero-order chi connectivity index (χ0) is 12.0. The van der Waals surface area contributed by atoms with Crippen LogP contribution in [0, 0.1) is 5.92 Å². The summed E-state index contributed by atoms with van der Waals surface area (Å²) in [5.41, 5.74) is 0. The second-order valence-electron chi connectivity index (χ2n) is 5.72. The fourth-order valence-corrected chi connectivity index (χ4v) is 2.96. The molecule has 1 rings (SSSR count). The molecule has 0 aliphatic carbocycles. The van der Waals surface area contributed by atoms with Gasteiger partial charge in [0.15, 0.2) is 0 Å². The van der Waals surface area contributed by atoms with Gasteiger partial charge in [0.05, 0.1) is 0 Å². The lowest BCUT2D eigenvalue weighted by molar-refractivity contribution is 0.108. The van der Waals surface area contributed by atoms with Gasteiger partial charge in [-0.1, -0.05) is 20.8 Å². The third-order valence-electron chi connectivity index (χ3n) is 3.60. The van der Waals surface area contributed by atoms with Crippen LogP contribution in [0.25, 0.3) is 0 Å². The van der Waals surface area contributed by atoms with Crippen LogP contribution in [-0.4, -0.2) is 36.6 Å². The predicted octanol–water partition coefficient (Wildman–Crippen LogP) is 2.89. The van der Waals surface area contributed by atoms with Crippen molar-refractivity contribution in [2.45, 2.75) is 65.5 Å². The summed E-state index contributed by atoms with van der Waals surface area (Å²) in [6.45, 7) is 13.0. The Morgan fingerprint density at radius 3 is 2.56 bits per heavy atom. The molecule has 1 fully saturated rings. The molecular formula is C14H30N2. The van der Waals surface area contributed by atoms with Crippen molar-refractivity contribution in [2.75, 3.05) is 19.6 Å². The Morgan fingerprint density at radius 2 is 2.06 bits per heavy atom. The normalized spacial score (nSPS) is 24.0. The lowest BCUT2D eigenvalue weighted by Crippen LogP contribution is -2.50. The van der Waals surface area contributed by atoms with Gasteiger partial charge in [0.1, 0.15) is 0 Å². The van der Waals surface area contributed by atoms with Gasteiger partial charge >= 0.3 is 0 Å². The molecule has 2 heteroatoms. The summed E-state index contributed by atoms with van der Waals surface area (Å²) in [6, 6.07) is 1.52. The summed E-state index contributed by atoms with van der Waals surface area (Å²) >= 11 is 0. The number of nitrogens with zero attached hydrogens (tertiary/aromatic N) is 1. The van der Waals surface area contributed by atoms with Crippen LogP contribution in [-0.2, 0) is 0 Å². The van der Waals surface area contributed by atoms with E-state index in [1.165, 1.54) is 45.3 Å². The Hall–Kier alpha value is -0.0800. The minimum Gasteiger partial charge on any atom is -0.315 e. The minimum absolute atomic E-state index is 0.741. The summed E-state index contributed by atoms with van der Waals surface area (Å²) in [4.78, 5) is 2.74. The molecule has 0 aromatic heterocycles. The highest BCUT2D eigenvalue weighted by Gasteiger charge is 2.24. The second-order valence-corrected chi connectivity index (χ2v) is 5.72. The molecule has 1 heterocycles. The van der Waals surface area contributed by atoms with Crippen LogP contribution in [0.15, 0.2) is 0 Å². The Morgan fingerprint density at radius 1 is 1.31 bits per heavy atom. The molecule has 1 saturated heterocycles. The van der Waals surface area contributed by atoms with Gasteiger partial charge < -0.3 is 5.32 Å². The quantitative estimate of drug-likeness (QED) is 0.749. The van der Waals surface area contributed by atoms with Crippen molar-refractivity contribution in [3.05, 3.63) is 0 Å². The van der Waals surface area contributed by atoms with Gasteiger partial charge in [-0.15, -0.1) is 0 Å². The Kier molecular flexibility index (Phi) is 6.37. The average molecular weight is 226 g/mol. The van der Waals surface area contributed by atoms with Crippen LogP contribution in [0.5, 0.6) is 0 Å². The van der Waals surface area contributed by atoms with E-state index in [0.29, 0.717) is 0 Å².